The Balaban J connectivity index is 2.62. The Morgan fingerprint density at radius 2 is 1.63 bits per heavy atom. The Kier molecular flexibility index (Phi) is 16.1. The van der Waals surface area contributed by atoms with Crippen molar-refractivity contribution in [2.75, 3.05) is 26.4 Å². The maximum atomic E-state index is 12.0. The van der Waals surface area contributed by atoms with Crippen LogP contribution in [0.3, 0.4) is 0 Å². The summed E-state index contributed by atoms with van der Waals surface area (Å²) in [6, 6.07) is 0. The highest BCUT2D eigenvalue weighted by Gasteiger charge is 2.47. The van der Waals surface area contributed by atoms with E-state index in [9.17, 15) is 28.5 Å². The number of hydrogen-bond donors (Lipinski definition) is 4. The second-order valence-corrected chi connectivity index (χ2v) is 9.63. The number of aliphatic hydroxyl groups is 3. The van der Waals surface area contributed by atoms with E-state index in [0.29, 0.717) is 13.0 Å². The summed E-state index contributed by atoms with van der Waals surface area (Å²) in [5.41, 5.74) is 0. The molecule has 1 aliphatic rings. The lowest BCUT2D eigenvalue weighted by Gasteiger charge is -2.41. The van der Waals surface area contributed by atoms with Gasteiger partial charge in [0.15, 0.2) is 6.29 Å². The van der Waals surface area contributed by atoms with Crippen LogP contribution in [0.25, 0.3) is 0 Å². The van der Waals surface area contributed by atoms with Gasteiger partial charge in [-0.05, 0) is 12.8 Å². The fraction of sp³-hybridized carbons (Fsp3) is 0.955. The zero-order chi connectivity index (χ0) is 26.3. The molecule has 0 bridgehead atoms. The lowest BCUT2D eigenvalue weighted by atomic mass is 9.99. The second kappa shape index (κ2) is 17.5. The molecule has 1 saturated heterocycles. The monoisotopic (exact) mass is 530 g/mol. The molecule has 6 unspecified atom stereocenters. The largest absolute Gasteiger partial charge is 0.457 e. The van der Waals surface area contributed by atoms with Gasteiger partial charge in [-0.25, -0.2) is 4.18 Å². The lowest BCUT2D eigenvalue weighted by molar-refractivity contribution is -0.301. The molecule has 0 aromatic rings. The predicted octanol–water partition coefficient (Wildman–Crippen LogP) is 1.11. The SMILES string of the molecule is CCCCCCCCCOCC(COC1OC(CO)C(O)C(OS(=O)(=O)O)C1O)OC(=O)CCC. The molecule has 35 heavy (non-hydrogen) atoms. The van der Waals surface area contributed by atoms with Crippen LogP contribution in [-0.4, -0.2) is 97.5 Å². The quantitative estimate of drug-likeness (QED) is 0.106. The van der Waals surface area contributed by atoms with Crippen molar-refractivity contribution in [3.63, 3.8) is 0 Å². The third-order valence-corrected chi connectivity index (χ3v) is 5.91. The molecule has 0 radical (unpaired) electrons. The van der Waals surface area contributed by atoms with Crippen LogP contribution in [0, 0.1) is 0 Å². The second-order valence-electron chi connectivity index (χ2n) is 8.59. The molecule has 6 atom stereocenters. The zero-order valence-corrected chi connectivity index (χ0v) is 21.4. The minimum absolute atomic E-state index is 0.0328. The normalized spacial score (nSPS) is 25.9. The molecular weight excluding hydrogens is 488 g/mol. The Hall–Kier alpha value is -0.900. The maximum Gasteiger partial charge on any atom is 0.397 e. The van der Waals surface area contributed by atoms with Crippen molar-refractivity contribution in [3.8, 4) is 0 Å². The molecule has 1 rings (SSSR count). The molecule has 12 nitrogen and oxygen atoms in total. The molecule has 1 fully saturated rings. The van der Waals surface area contributed by atoms with Crippen LogP contribution in [-0.2, 0) is 38.3 Å². The Morgan fingerprint density at radius 1 is 0.971 bits per heavy atom. The number of aliphatic hydroxyl groups excluding tert-OH is 3. The maximum absolute atomic E-state index is 12.0. The summed E-state index contributed by atoms with van der Waals surface area (Å²) in [4.78, 5) is 12.0. The third kappa shape index (κ3) is 13.3. The molecule has 0 amide bonds. The van der Waals surface area contributed by atoms with Crippen molar-refractivity contribution in [1.29, 1.82) is 0 Å². The average Bonchev–Trinajstić information content (AvgIpc) is 2.79. The molecule has 0 aromatic carbocycles. The highest BCUT2D eigenvalue weighted by molar-refractivity contribution is 7.80. The van der Waals surface area contributed by atoms with E-state index in [1.54, 1.807) is 0 Å². The smallest absolute Gasteiger partial charge is 0.397 e. The lowest BCUT2D eigenvalue weighted by Crippen LogP contribution is -2.60. The number of unbranched alkanes of at least 4 members (excludes halogenated alkanes) is 6. The van der Waals surface area contributed by atoms with Gasteiger partial charge in [0.1, 0.15) is 30.5 Å². The highest BCUT2D eigenvalue weighted by atomic mass is 32.3. The molecular formula is C22H42O12S. The summed E-state index contributed by atoms with van der Waals surface area (Å²) in [6.45, 7) is 3.48. The minimum Gasteiger partial charge on any atom is -0.457 e. The van der Waals surface area contributed by atoms with Gasteiger partial charge in [-0.3, -0.25) is 9.35 Å². The number of carbonyl (C=O) groups is 1. The van der Waals surface area contributed by atoms with Crippen LogP contribution in [0.2, 0.25) is 0 Å². The van der Waals surface area contributed by atoms with E-state index in [-0.39, 0.29) is 19.6 Å². The number of esters is 1. The van der Waals surface area contributed by atoms with E-state index in [0.717, 1.165) is 19.3 Å². The van der Waals surface area contributed by atoms with Gasteiger partial charge in [0.25, 0.3) is 0 Å². The van der Waals surface area contributed by atoms with E-state index in [1.807, 2.05) is 6.92 Å². The van der Waals surface area contributed by atoms with Gasteiger partial charge in [-0.1, -0.05) is 52.4 Å². The number of rotatable bonds is 19. The number of ether oxygens (including phenoxy) is 4. The van der Waals surface area contributed by atoms with E-state index in [1.165, 1.54) is 25.7 Å². The van der Waals surface area contributed by atoms with E-state index in [2.05, 4.69) is 11.1 Å². The van der Waals surface area contributed by atoms with Crippen molar-refractivity contribution in [2.45, 2.75) is 108 Å². The van der Waals surface area contributed by atoms with Crippen LogP contribution in [0.1, 0.15) is 71.6 Å². The molecule has 0 saturated carbocycles. The molecule has 4 N–H and O–H groups in total. The molecule has 1 aliphatic heterocycles. The van der Waals surface area contributed by atoms with Gasteiger partial charge in [0.05, 0.1) is 19.8 Å². The molecule has 13 heteroatoms. The standard InChI is InChI=1S/C22H42O12S/c1-3-5-6-7-8-9-10-12-30-14-16(32-18(24)11-4-2)15-31-22-20(26)21(34-35(27,28)29)19(25)17(13-23)33-22/h16-17,19-23,25-26H,3-15H2,1-2H3,(H,27,28,29). The fourth-order valence-corrected chi connectivity index (χ4v) is 4.10. The summed E-state index contributed by atoms with van der Waals surface area (Å²) >= 11 is 0. The molecule has 208 valence electrons. The Bertz CT molecular complexity index is 673. The molecule has 1 heterocycles. The van der Waals surface area contributed by atoms with E-state index in [4.69, 9.17) is 23.5 Å². The summed E-state index contributed by atoms with van der Waals surface area (Å²) in [7, 11) is -5.03. The summed E-state index contributed by atoms with van der Waals surface area (Å²) in [5, 5.41) is 29.9. The van der Waals surface area contributed by atoms with Crippen LogP contribution >= 0.6 is 0 Å². The van der Waals surface area contributed by atoms with Crippen molar-refractivity contribution in [1.82, 2.24) is 0 Å². The summed E-state index contributed by atoms with van der Waals surface area (Å²) in [6.07, 6.45) is -0.547. The first-order valence-electron chi connectivity index (χ1n) is 12.3. The zero-order valence-electron chi connectivity index (χ0n) is 20.6. The first-order chi connectivity index (χ1) is 16.6. The first-order valence-corrected chi connectivity index (χ1v) is 13.7. The van der Waals surface area contributed by atoms with Gasteiger partial charge in [-0.15, -0.1) is 0 Å². The highest BCUT2D eigenvalue weighted by Crippen LogP contribution is 2.25. The summed E-state index contributed by atoms with van der Waals surface area (Å²) in [5.74, 6) is -0.457. The van der Waals surface area contributed by atoms with Gasteiger partial charge in [0, 0.05) is 13.0 Å². The van der Waals surface area contributed by atoms with E-state index >= 15 is 0 Å². The van der Waals surface area contributed by atoms with Crippen molar-refractivity contribution in [2.24, 2.45) is 0 Å². The molecule has 0 spiro atoms. The molecule has 0 aromatic heterocycles. The van der Waals surface area contributed by atoms with Gasteiger partial charge >= 0.3 is 16.4 Å². The number of hydrogen-bond acceptors (Lipinski definition) is 11. The van der Waals surface area contributed by atoms with Gasteiger partial charge in [-0.2, -0.15) is 8.42 Å². The topological polar surface area (TPSA) is 178 Å². The Labute approximate surface area is 207 Å². The van der Waals surface area contributed by atoms with Crippen LogP contribution in [0.15, 0.2) is 0 Å². The van der Waals surface area contributed by atoms with Gasteiger partial charge in [0.2, 0.25) is 0 Å². The van der Waals surface area contributed by atoms with Crippen LogP contribution in [0.4, 0.5) is 0 Å². The fourth-order valence-electron chi connectivity index (χ4n) is 3.59. The predicted molar refractivity (Wildman–Crippen MR) is 124 cm³/mol. The third-order valence-electron chi connectivity index (χ3n) is 5.45. The molecule has 0 aliphatic carbocycles. The van der Waals surface area contributed by atoms with Crippen LogP contribution in [0.5, 0.6) is 0 Å². The van der Waals surface area contributed by atoms with Crippen molar-refractivity contribution in [3.05, 3.63) is 0 Å². The van der Waals surface area contributed by atoms with E-state index < -0.39 is 59.8 Å². The van der Waals surface area contributed by atoms with Crippen molar-refractivity contribution < 1.29 is 56.2 Å². The van der Waals surface area contributed by atoms with Gasteiger partial charge < -0.3 is 34.3 Å². The average molecular weight is 531 g/mol. The Morgan fingerprint density at radius 3 is 2.23 bits per heavy atom. The van der Waals surface area contributed by atoms with Crippen LogP contribution < -0.4 is 0 Å². The minimum atomic E-state index is -5.03. The summed E-state index contributed by atoms with van der Waals surface area (Å²) < 4.78 is 57.3. The van der Waals surface area contributed by atoms with Crippen molar-refractivity contribution >= 4 is 16.4 Å². The first kappa shape index (κ1) is 32.1. The number of carbonyl (C=O) groups excluding carboxylic acids is 1.